The molecule has 0 fully saturated rings. The van der Waals surface area contributed by atoms with Crippen molar-refractivity contribution in [3.05, 3.63) is 0 Å². The maximum atomic E-state index is 8.75. The fourth-order valence-corrected chi connectivity index (χ4v) is 0.917. The summed E-state index contributed by atoms with van der Waals surface area (Å²) in [4.78, 5) is 0. The van der Waals surface area contributed by atoms with E-state index in [0.717, 1.165) is 6.42 Å². The van der Waals surface area contributed by atoms with Gasteiger partial charge in [0.05, 0.1) is 0 Å². The van der Waals surface area contributed by atoms with E-state index in [0.29, 0.717) is 12.5 Å². The molecule has 0 heterocycles. The maximum absolute atomic E-state index is 8.75. The summed E-state index contributed by atoms with van der Waals surface area (Å²) in [5.74, 6) is 0.560. The zero-order valence-corrected chi connectivity index (χ0v) is 12.5. The van der Waals surface area contributed by atoms with Gasteiger partial charge in [0, 0.05) is 6.61 Å². The fourth-order valence-electron chi connectivity index (χ4n) is 0.917. The molecule has 1 unspecified atom stereocenters. The van der Waals surface area contributed by atoms with Gasteiger partial charge >= 0.3 is 40.0 Å². The molecule has 0 aliphatic rings. The van der Waals surface area contributed by atoms with Crippen molar-refractivity contribution in [2.24, 2.45) is 5.92 Å². The smallest absolute Gasteiger partial charge is 1.00 e. The number of hydrogen-bond acceptors (Lipinski definition) is 3. The van der Waals surface area contributed by atoms with E-state index < -0.39 is 10.4 Å². The summed E-state index contributed by atoms with van der Waals surface area (Å²) in [5.41, 5.74) is 0. The zero-order chi connectivity index (χ0) is 11.6. The topological polar surface area (TPSA) is 94.8 Å². The van der Waals surface area contributed by atoms with Gasteiger partial charge in [-0.25, -0.2) is 0 Å². The summed E-state index contributed by atoms with van der Waals surface area (Å²) in [6.45, 7) is 4.69. The Morgan fingerprint density at radius 3 is 1.87 bits per heavy atom. The zero-order valence-electron chi connectivity index (χ0n) is 10.7. The quantitative estimate of drug-likeness (QED) is 0.416. The third kappa shape index (κ3) is 31.3. The van der Waals surface area contributed by atoms with Gasteiger partial charge in [0.1, 0.15) is 0 Å². The number of aliphatic hydroxyl groups excluding tert-OH is 1. The van der Waals surface area contributed by atoms with E-state index in [1.54, 1.807) is 0 Å². The molecule has 0 radical (unpaired) electrons. The minimum atomic E-state index is -4.67. The average Bonchev–Trinajstić information content (AvgIpc) is 2.04. The van der Waals surface area contributed by atoms with Crippen LogP contribution >= 0.6 is 0 Å². The SMILES string of the molecule is CCCCC(CC)CO.O=S(=O)(O)O.[H-].[Na+]. The average molecular weight is 252 g/mol. The van der Waals surface area contributed by atoms with Gasteiger partial charge in [-0.3, -0.25) is 9.11 Å². The van der Waals surface area contributed by atoms with Crippen LogP contribution in [0.3, 0.4) is 0 Å². The van der Waals surface area contributed by atoms with Crippen molar-refractivity contribution in [1.29, 1.82) is 0 Å². The summed E-state index contributed by atoms with van der Waals surface area (Å²) in [5, 5.41) is 8.75. The van der Waals surface area contributed by atoms with E-state index in [9.17, 15) is 0 Å². The molecule has 5 nitrogen and oxygen atoms in total. The Balaban J connectivity index is -0.0000000904. The van der Waals surface area contributed by atoms with Crippen LogP contribution < -0.4 is 29.6 Å². The molecule has 7 heteroatoms. The van der Waals surface area contributed by atoms with E-state index in [2.05, 4.69) is 13.8 Å². The Kier molecular flexibility index (Phi) is 18.2. The molecule has 0 aromatic carbocycles. The van der Waals surface area contributed by atoms with Crippen molar-refractivity contribution >= 4 is 10.4 Å². The van der Waals surface area contributed by atoms with Gasteiger partial charge in [0.15, 0.2) is 0 Å². The number of unbranched alkanes of at least 4 members (excludes halogenated alkanes) is 1. The maximum Gasteiger partial charge on any atom is 1.00 e. The van der Waals surface area contributed by atoms with E-state index in [4.69, 9.17) is 22.6 Å². The molecule has 0 saturated carbocycles. The third-order valence-corrected chi connectivity index (χ3v) is 1.80. The number of aliphatic hydroxyl groups is 1. The summed E-state index contributed by atoms with van der Waals surface area (Å²) < 4.78 is 31.6. The van der Waals surface area contributed by atoms with Gasteiger partial charge in [-0.05, 0) is 12.3 Å². The van der Waals surface area contributed by atoms with Gasteiger partial charge in [-0.2, -0.15) is 8.42 Å². The Labute approximate surface area is 116 Å². The molecular formula is C8H21NaO5S. The first-order valence-corrected chi connectivity index (χ1v) is 6.05. The van der Waals surface area contributed by atoms with Crippen LogP contribution in [-0.4, -0.2) is 29.2 Å². The van der Waals surface area contributed by atoms with E-state index in [-0.39, 0.29) is 31.0 Å². The Morgan fingerprint density at radius 1 is 1.27 bits per heavy atom. The molecule has 0 aliphatic heterocycles. The molecule has 0 rings (SSSR count). The molecule has 90 valence electrons. The Morgan fingerprint density at radius 2 is 1.67 bits per heavy atom. The van der Waals surface area contributed by atoms with Crippen molar-refractivity contribution in [1.82, 2.24) is 0 Å². The second-order valence-electron chi connectivity index (χ2n) is 3.05. The van der Waals surface area contributed by atoms with Crippen molar-refractivity contribution in [3.63, 3.8) is 0 Å². The molecule has 1 atom stereocenters. The van der Waals surface area contributed by atoms with Crippen LogP contribution in [0.1, 0.15) is 41.0 Å². The van der Waals surface area contributed by atoms with Crippen LogP contribution in [0.4, 0.5) is 0 Å². The second-order valence-corrected chi connectivity index (χ2v) is 3.94. The monoisotopic (exact) mass is 252 g/mol. The molecule has 0 amide bonds. The molecule has 3 N–H and O–H groups in total. The number of rotatable bonds is 5. The standard InChI is InChI=1S/C8H18O.Na.H2O4S.H/c1-3-5-6-8(4-2)7-9;;1-5(2,3)4;/h8-9H,3-7H2,1-2H3;;(H2,1,2,3,4);/q;+1;;-1. The summed E-state index contributed by atoms with van der Waals surface area (Å²) in [6, 6.07) is 0. The first-order chi connectivity index (χ1) is 6.35. The van der Waals surface area contributed by atoms with Crippen molar-refractivity contribution in [2.45, 2.75) is 39.5 Å². The predicted molar refractivity (Wildman–Crippen MR) is 55.7 cm³/mol. The van der Waals surface area contributed by atoms with Gasteiger partial charge < -0.3 is 6.53 Å². The molecule has 0 aromatic rings. The van der Waals surface area contributed by atoms with Crippen molar-refractivity contribution in [3.8, 4) is 0 Å². The number of hydrogen-bond donors (Lipinski definition) is 3. The summed E-state index contributed by atoms with van der Waals surface area (Å²) >= 11 is 0. The van der Waals surface area contributed by atoms with Crippen LogP contribution in [0.15, 0.2) is 0 Å². The Bertz CT molecular complexity index is 198. The van der Waals surface area contributed by atoms with Gasteiger partial charge in [-0.1, -0.05) is 33.1 Å². The molecule has 0 bridgehead atoms. The fraction of sp³-hybridized carbons (Fsp3) is 1.00. The molecule has 0 aromatic heterocycles. The van der Waals surface area contributed by atoms with Crippen LogP contribution in [0.2, 0.25) is 0 Å². The van der Waals surface area contributed by atoms with E-state index >= 15 is 0 Å². The van der Waals surface area contributed by atoms with Crippen LogP contribution in [0, 0.1) is 5.92 Å². The molecule has 0 aliphatic carbocycles. The first-order valence-electron chi connectivity index (χ1n) is 4.65. The Hall–Kier alpha value is 0.830. The van der Waals surface area contributed by atoms with Crippen LogP contribution in [-0.2, 0) is 10.4 Å². The van der Waals surface area contributed by atoms with Crippen molar-refractivity contribution < 1.29 is 53.6 Å². The summed E-state index contributed by atoms with van der Waals surface area (Å²) in [6.07, 6.45) is 4.83. The normalized spacial score (nSPS) is 12.1. The van der Waals surface area contributed by atoms with Crippen molar-refractivity contribution in [2.75, 3.05) is 6.61 Å². The van der Waals surface area contributed by atoms with E-state index in [1.165, 1.54) is 19.3 Å². The van der Waals surface area contributed by atoms with Gasteiger partial charge in [-0.15, -0.1) is 0 Å². The molecule has 15 heavy (non-hydrogen) atoms. The van der Waals surface area contributed by atoms with Crippen LogP contribution in [0.25, 0.3) is 0 Å². The van der Waals surface area contributed by atoms with E-state index in [1.807, 2.05) is 0 Å². The first kappa shape index (κ1) is 21.1. The van der Waals surface area contributed by atoms with Gasteiger partial charge in [0.2, 0.25) is 0 Å². The minimum absolute atomic E-state index is 0. The predicted octanol–water partition coefficient (Wildman–Crippen LogP) is -1.34. The summed E-state index contributed by atoms with van der Waals surface area (Å²) in [7, 11) is -4.67. The molecule has 0 saturated heterocycles. The second kappa shape index (κ2) is 12.9. The molecule has 0 spiro atoms. The largest absolute Gasteiger partial charge is 1.00 e. The van der Waals surface area contributed by atoms with Gasteiger partial charge in [0.25, 0.3) is 0 Å². The minimum Gasteiger partial charge on any atom is -1.00 e. The molecular weight excluding hydrogens is 231 g/mol. The van der Waals surface area contributed by atoms with Crippen LogP contribution in [0.5, 0.6) is 0 Å². The third-order valence-electron chi connectivity index (χ3n) is 1.80.